The van der Waals surface area contributed by atoms with Gasteiger partial charge in [0.2, 0.25) is 0 Å². The average Bonchev–Trinajstić information content (AvgIpc) is 2.26. The molecule has 1 aromatic carbocycles. The first-order valence-electron chi connectivity index (χ1n) is 4.69. The molecule has 2 rings (SSSR count). The summed E-state index contributed by atoms with van der Waals surface area (Å²) in [6, 6.07) is 5.92. The Kier molecular flexibility index (Phi) is 2.79. The second kappa shape index (κ2) is 4.10. The molecule has 1 heterocycles. The highest BCUT2D eigenvalue weighted by Gasteiger charge is 2.09. The van der Waals surface area contributed by atoms with Crippen LogP contribution in [-0.4, -0.2) is 10.1 Å². The quantitative estimate of drug-likeness (QED) is 0.823. The SMILES string of the molecule is Cc1ccnc(-c2ccc(F)c(Cl)c2)c1O. The van der Waals surface area contributed by atoms with Gasteiger partial charge in [-0.15, -0.1) is 0 Å². The molecular weight excluding hydrogens is 229 g/mol. The number of halogens is 2. The van der Waals surface area contributed by atoms with E-state index in [1.807, 2.05) is 0 Å². The third kappa shape index (κ3) is 1.86. The summed E-state index contributed by atoms with van der Waals surface area (Å²) >= 11 is 5.67. The van der Waals surface area contributed by atoms with Crippen LogP contribution in [0.3, 0.4) is 0 Å². The Bertz CT molecular complexity index is 543. The van der Waals surface area contributed by atoms with Gasteiger partial charge < -0.3 is 5.11 Å². The van der Waals surface area contributed by atoms with Gasteiger partial charge in [0, 0.05) is 11.8 Å². The Morgan fingerprint density at radius 3 is 2.75 bits per heavy atom. The normalized spacial score (nSPS) is 10.4. The van der Waals surface area contributed by atoms with Crippen LogP contribution in [0.4, 0.5) is 4.39 Å². The van der Waals surface area contributed by atoms with Gasteiger partial charge in [-0.05, 0) is 36.8 Å². The number of benzene rings is 1. The number of aromatic nitrogens is 1. The second-order valence-electron chi connectivity index (χ2n) is 3.45. The zero-order valence-corrected chi connectivity index (χ0v) is 9.29. The molecule has 0 amide bonds. The molecule has 0 radical (unpaired) electrons. The fourth-order valence-electron chi connectivity index (χ4n) is 1.41. The first kappa shape index (κ1) is 10.9. The predicted molar refractivity (Wildman–Crippen MR) is 61.0 cm³/mol. The number of hydrogen-bond acceptors (Lipinski definition) is 2. The molecule has 2 nitrogen and oxygen atoms in total. The van der Waals surface area contributed by atoms with Gasteiger partial charge in [0.25, 0.3) is 0 Å². The average molecular weight is 238 g/mol. The first-order chi connectivity index (χ1) is 7.59. The summed E-state index contributed by atoms with van der Waals surface area (Å²) < 4.78 is 13.0. The summed E-state index contributed by atoms with van der Waals surface area (Å²) in [6.45, 7) is 1.77. The van der Waals surface area contributed by atoms with E-state index in [2.05, 4.69) is 4.98 Å². The number of aromatic hydroxyl groups is 1. The molecular formula is C12H9ClFNO. The summed E-state index contributed by atoms with van der Waals surface area (Å²) in [5.41, 5.74) is 1.71. The minimum absolute atomic E-state index is 0.0141. The Hall–Kier alpha value is -1.61. The van der Waals surface area contributed by atoms with E-state index in [9.17, 15) is 9.50 Å². The molecule has 0 aliphatic heterocycles. The number of aryl methyl sites for hydroxylation is 1. The molecule has 82 valence electrons. The Labute approximate surface area is 97.3 Å². The van der Waals surface area contributed by atoms with E-state index in [4.69, 9.17) is 11.6 Å². The third-order valence-corrected chi connectivity index (χ3v) is 2.61. The van der Waals surface area contributed by atoms with Gasteiger partial charge in [-0.25, -0.2) is 4.39 Å². The van der Waals surface area contributed by atoms with E-state index in [-0.39, 0.29) is 10.8 Å². The van der Waals surface area contributed by atoms with E-state index < -0.39 is 5.82 Å². The lowest BCUT2D eigenvalue weighted by Crippen LogP contribution is -1.87. The van der Waals surface area contributed by atoms with Crippen LogP contribution in [0.5, 0.6) is 5.75 Å². The highest BCUT2D eigenvalue weighted by atomic mass is 35.5. The van der Waals surface area contributed by atoms with Crippen molar-refractivity contribution in [1.82, 2.24) is 4.98 Å². The van der Waals surface area contributed by atoms with E-state index in [1.54, 1.807) is 19.2 Å². The maximum atomic E-state index is 13.0. The van der Waals surface area contributed by atoms with E-state index in [0.717, 1.165) is 0 Å². The van der Waals surface area contributed by atoms with Crippen LogP contribution in [0.2, 0.25) is 5.02 Å². The lowest BCUT2D eigenvalue weighted by molar-refractivity contribution is 0.471. The molecule has 0 atom stereocenters. The zero-order chi connectivity index (χ0) is 11.7. The van der Waals surface area contributed by atoms with Crippen molar-refractivity contribution in [3.8, 4) is 17.0 Å². The van der Waals surface area contributed by atoms with E-state index in [1.165, 1.54) is 18.2 Å². The van der Waals surface area contributed by atoms with Crippen LogP contribution in [0, 0.1) is 12.7 Å². The van der Waals surface area contributed by atoms with Crippen LogP contribution in [0.1, 0.15) is 5.56 Å². The van der Waals surface area contributed by atoms with Crippen molar-refractivity contribution in [3.63, 3.8) is 0 Å². The lowest BCUT2D eigenvalue weighted by atomic mass is 10.1. The van der Waals surface area contributed by atoms with E-state index >= 15 is 0 Å². The number of hydrogen-bond donors (Lipinski definition) is 1. The Morgan fingerprint density at radius 2 is 2.06 bits per heavy atom. The van der Waals surface area contributed by atoms with Crippen molar-refractivity contribution in [1.29, 1.82) is 0 Å². The summed E-state index contributed by atoms with van der Waals surface area (Å²) in [7, 11) is 0. The van der Waals surface area contributed by atoms with Crippen LogP contribution < -0.4 is 0 Å². The van der Waals surface area contributed by atoms with Crippen LogP contribution in [-0.2, 0) is 0 Å². The molecule has 1 N–H and O–H groups in total. The topological polar surface area (TPSA) is 33.1 Å². The molecule has 0 saturated heterocycles. The third-order valence-electron chi connectivity index (χ3n) is 2.32. The summed E-state index contributed by atoms with van der Waals surface area (Å²) in [4.78, 5) is 4.05. The summed E-state index contributed by atoms with van der Waals surface area (Å²) in [5, 5.41) is 9.83. The summed E-state index contributed by atoms with van der Waals surface area (Å²) in [5.74, 6) is -0.400. The van der Waals surface area contributed by atoms with Crippen molar-refractivity contribution in [2.24, 2.45) is 0 Å². The van der Waals surface area contributed by atoms with Gasteiger partial charge in [0.05, 0.1) is 5.02 Å². The molecule has 0 aliphatic rings. The lowest BCUT2D eigenvalue weighted by Gasteiger charge is -2.06. The predicted octanol–water partition coefficient (Wildman–Crippen LogP) is 3.56. The van der Waals surface area contributed by atoms with E-state index in [0.29, 0.717) is 16.8 Å². The summed E-state index contributed by atoms with van der Waals surface area (Å²) in [6.07, 6.45) is 1.58. The molecule has 0 saturated carbocycles. The van der Waals surface area contributed by atoms with Gasteiger partial charge in [0.1, 0.15) is 17.3 Å². The van der Waals surface area contributed by atoms with Crippen molar-refractivity contribution in [2.45, 2.75) is 6.92 Å². The van der Waals surface area contributed by atoms with Crippen LogP contribution in [0.15, 0.2) is 30.5 Å². The van der Waals surface area contributed by atoms with Crippen molar-refractivity contribution in [3.05, 3.63) is 46.9 Å². The molecule has 0 aliphatic carbocycles. The van der Waals surface area contributed by atoms with Gasteiger partial charge in [-0.3, -0.25) is 4.98 Å². The Balaban J connectivity index is 2.59. The maximum Gasteiger partial charge on any atom is 0.144 e. The fourth-order valence-corrected chi connectivity index (χ4v) is 1.59. The number of nitrogens with zero attached hydrogens (tertiary/aromatic N) is 1. The van der Waals surface area contributed by atoms with Gasteiger partial charge in [-0.2, -0.15) is 0 Å². The molecule has 16 heavy (non-hydrogen) atoms. The largest absolute Gasteiger partial charge is 0.505 e. The molecule has 1 aromatic heterocycles. The minimum atomic E-state index is -0.488. The van der Waals surface area contributed by atoms with Gasteiger partial charge in [-0.1, -0.05) is 11.6 Å². The second-order valence-corrected chi connectivity index (χ2v) is 3.86. The standard InChI is InChI=1S/C12H9ClFNO/c1-7-4-5-15-11(12(7)16)8-2-3-10(14)9(13)6-8/h2-6,16H,1H3. The molecule has 0 fully saturated rings. The zero-order valence-electron chi connectivity index (χ0n) is 8.54. The van der Waals surface area contributed by atoms with Gasteiger partial charge in [0.15, 0.2) is 0 Å². The molecule has 4 heteroatoms. The highest BCUT2D eigenvalue weighted by Crippen LogP contribution is 2.31. The van der Waals surface area contributed by atoms with Crippen molar-refractivity contribution in [2.75, 3.05) is 0 Å². The van der Waals surface area contributed by atoms with Gasteiger partial charge >= 0.3 is 0 Å². The first-order valence-corrected chi connectivity index (χ1v) is 5.07. The van der Waals surface area contributed by atoms with Crippen LogP contribution in [0.25, 0.3) is 11.3 Å². The molecule has 2 aromatic rings. The monoisotopic (exact) mass is 237 g/mol. The molecule has 0 unspecified atom stereocenters. The number of pyridine rings is 1. The molecule has 0 bridgehead atoms. The Morgan fingerprint density at radius 1 is 1.31 bits per heavy atom. The van der Waals surface area contributed by atoms with Crippen molar-refractivity contribution >= 4 is 11.6 Å². The molecule has 0 spiro atoms. The fraction of sp³-hybridized carbons (Fsp3) is 0.0833. The highest BCUT2D eigenvalue weighted by molar-refractivity contribution is 6.31. The smallest absolute Gasteiger partial charge is 0.144 e. The minimum Gasteiger partial charge on any atom is -0.505 e. The van der Waals surface area contributed by atoms with Crippen LogP contribution >= 0.6 is 11.6 Å². The van der Waals surface area contributed by atoms with Crippen molar-refractivity contribution < 1.29 is 9.50 Å². The number of rotatable bonds is 1. The maximum absolute atomic E-state index is 13.0.